The molecule has 98 valence electrons. The maximum atomic E-state index is 12.2. The van der Waals surface area contributed by atoms with Crippen molar-refractivity contribution in [2.75, 3.05) is 13.6 Å². The summed E-state index contributed by atoms with van der Waals surface area (Å²) in [5.74, 6) is 0.150. The molecule has 0 fully saturated rings. The molecule has 2 rings (SSSR count). The van der Waals surface area contributed by atoms with Crippen molar-refractivity contribution in [2.45, 2.75) is 13.5 Å². The van der Waals surface area contributed by atoms with Crippen LogP contribution in [0.15, 0.2) is 48.7 Å². The van der Waals surface area contributed by atoms with Crippen LogP contribution in [-0.2, 0) is 6.54 Å². The number of hydrogen-bond donors (Lipinski definition) is 0. The second-order valence-corrected chi connectivity index (χ2v) is 4.73. The third-order valence-corrected chi connectivity index (χ3v) is 3.02. The molecule has 3 nitrogen and oxygen atoms in total. The lowest BCUT2D eigenvalue weighted by atomic mass is 10.0. The van der Waals surface area contributed by atoms with Gasteiger partial charge < -0.3 is 0 Å². The van der Waals surface area contributed by atoms with E-state index in [1.807, 2.05) is 61.3 Å². The molecule has 0 saturated heterocycles. The Morgan fingerprint density at radius 1 is 1.16 bits per heavy atom. The highest BCUT2D eigenvalue weighted by atomic mass is 16.1. The molecule has 0 aliphatic rings. The van der Waals surface area contributed by atoms with Crippen molar-refractivity contribution in [3.63, 3.8) is 0 Å². The number of carbonyl (C=O) groups is 1. The lowest BCUT2D eigenvalue weighted by molar-refractivity contribution is 0.0942. The molecule has 1 aromatic carbocycles. The van der Waals surface area contributed by atoms with Gasteiger partial charge in [-0.15, -0.1) is 0 Å². The number of ketones is 1. The average molecular weight is 254 g/mol. The van der Waals surface area contributed by atoms with E-state index in [1.165, 1.54) is 0 Å². The molecule has 1 aromatic heterocycles. The first-order chi connectivity index (χ1) is 9.16. The molecule has 3 heteroatoms. The van der Waals surface area contributed by atoms with Crippen LogP contribution < -0.4 is 0 Å². The molecule has 0 unspecified atom stereocenters. The van der Waals surface area contributed by atoms with Gasteiger partial charge in [0.25, 0.3) is 0 Å². The molecule has 2 aromatic rings. The summed E-state index contributed by atoms with van der Waals surface area (Å²) in [4.78, 5) is 18.5. The molecule has 0 aliphatic carbocycles. The fourth-order valence-corrected chi connectivity index (χ4v) is 2.04. The second-order valence-electron chi connectivity index (χ2n) is 4.73. The van der Waals surface area contributed by atoms with Crippen LogP contribution in [0.2, 0.25) is 0 Å². The van der Waals surface area contributed by atoms with Crippen LogP contribution in [-0.4, -0.2) is 29.3 Å². The number of likely N-dealkylation sites (N-methyl/N-ethyl adjacent to an activating group) is 1. The highest BCUT2D eigenvalue weighted by Crippen LogP contribution is 2.09. The average Bonchev–Trinajstić information content (AvgIpc) is 2.40. The summed E-state index contributed by atoms with van der Waals surface area (Å²) in [5, 5.41) is 0. The van der Waals surface area contributed by atoms with E-state index in [1.54, 1.807) is 6.20 Å². The molecule has 0 radical (unpaired) electrons. The Morgan fingerprint density at radius 3 is 2.58 bits per heavy atom. The Kier molecular flexibility index (Phi) is 4.42. The van der Waals surface area contributed by atoms with Crippen LogP contribution >= 0.6 is 0 Å². The molecular formula is C16H18N2O. The summed E-state index contributed by atoms with van der Waals surface area (Å²) < 4.78 is 0. The number of pyridine rings is 1. The van der Waals surface area contributed by atoms with Gasteiger partial charge in [-0.05, 0) is 31.7 Å². The van der Waals surface area contributed by atoms with E-state index >= 15 is 0 Å². The van der Waals surface area contributed by atoms with Gasteiger partial charge in [0.1, 0.15) is 0 Å². The quantitative estimate of drug-likeness (QED) is 0.769. The Labute approximate surface area is 113 Å². The van der Waals surface area contributed by atoms with Gasteiger partial charge in [-0.25, -0.2) is 0 Å². The van der Waals surface area contributed by atoms with Gasteiger partial charge in [-0.1, -0.05) is 30.3 Å². The number of nitrogens with zero attached hydrogens (tertiary/aromatic N) is 2. The summed E-state index contributed by atoms with van der Waals surface area (Å²) >= 11 is 0. The predicted molar refractivity (Wildman–Crippen MR) is 76.1 cm³/mol. The van der Waals surface area contributed by atoms with Gasteiger partial charge in [-0.2, -0.15) is 0 Å². The van der Waals surface area contributed by atoms with Gasteiger partial charge in [0, 0.05) is 18.3 Å². The van der Waals surface area contributed by atoms with Gasteiger partial charge in [-0.3, -0.25) is 14.7 Å². The topological polar surface area (TPSA) is 33.2 Å². The molecule has 0 aliphatic heterocycles. The summed E-state index contributed by atoms with van der Waals surface area (Å²) in [7, 11) is 1.94. The Hall–Kier alpha value is -2.00. The Morgan fingerprint density at radius 2 is 1.89 bits per heavy atom. The van der Waals surface area contributed by atoms with Crippen molar-refractivity contribution in [1.29, 1.82) is 0 Å². The Bertz CT molecular complexity index is 552. The minimum atomic E-state index is 0.150. The lowest BCUT2D eigenvalue weighted by Gasteiger charge is -2.15. The first-order valence-electron chi connectivity index (χ1n) is 6.34. The first-order valence-corrected chi connectivity index (χ1v) is 6.34. The number of Topliss-reactive ketones (excluding diaryl/α,β-unsaturated/α-hetero) is 1. The van der Waals surface area contributed by atoms with Gasteiger partial charge in [0.05, 0.1) is 12.2 Å². The molecule has 0 N–H and O–H groups in total. The maximum absolute atomic E-state index is 12.2. The van der Waals surface area contributed by atoms with E-state index in [2.05, 4.69) is 4.98 Å². The molecule has 0 saturated carbocycles. The molecule has 1 heterocycles. The van der Waals surface area contributed by atoms with Crippen molar-refractivity contribution in [1.82, 2.24) is 9.88 Å². The number of hydrogen-bond acceptors (Lipinski definition) is 3. The number of aromatic nitrogens is 1. The molecule has 0 atom stereocenters. The number of rotatable bonds is 5. The van der Waals surface area contributed by atoms with Crippen molar-refractivity contribution in [3.8, 4) is 0 Å². The second kappa shape index (κ2) is 6.25. The largest absolute Gasteiger partial charge is 0.293 e. The van der Waals surface area contributed by atoms with E-state index in [0.717, 1.165) is 16.8 Å². The maximum Gasteiger partial charge on any atom is 0.177 e. The summed E-state index contributed by atoms with van der Waals surface area (Å²) in [5.41, 5.74) is 2.80. The zero-order chi connectivity index (χ0) is 13.7. The summed E-state index contributed by atoms with van der Waals surface area (Å²) in [6.45, 7) is 3.05. The molecule has 0 spiro atoms. The van der Waals surface area contributed by atoms with Crippen molar-refractivity contribution in [2.24, 2.45) is 0 Å². The van der Waals surface area contributed by atoms with Crippen molar-refractivity contribution in [3.05, 3.63) is 65.5 Å². The molecule has 0 amide bonds. The van der Waals surface area contributed by atoms with Crippen LogP contribution in [0.5, 0.6) is 0 Å². The highest BCUT2D eigenvalue weighted by molar-refractivity contribution is 5.98. The van der Waals surface area contributed by atoms with Crippen LogP contribution in [0.25, 0.3) is 0 Å². The minimum Gasteiger partial charge on any atom is -0.293 e. The van der Waals surface area contributed by atoms with Crippen LogP contribution in [0.4, 0.5) is 0 Å². The van der Waals surface area contributed by atoms with E-state index in [0.29, 0.717) is 13.1 Å². The van der Waals surface area contributed by atoms with E-state index in [4.69, 9.17) is 0 Å². The van der Waals surface area contributed by atoms with Crippen LogP contribution in [0.3, 0.4) is 0 Å². The van der Waals surface area contributed by atoms with E-state index in [-0.39, 0.29) is 5.78 Å². The zero-order valence-corrected chi connectivity index (χ0v) is 11.3. The fourth-order valence-electron chi connectivity index (χ4n) is 2.04. The number of aryl methyl sites for hydroxylation is 1. The van der Waals surface area contributed by atoms with Gasteiger partial charge in [0.15, 0.2) is 5.78 Å². The monoisotopic (exact) mass is 254 g/mol. The van der Waals surface area contributed by atoms with Crippen molar-refractivity contribution >= 4 is 5.78 Å². The van der Waals surface area contributed by atoms with Crippen molar-refractivity contribution < 1.29 is 4.79 Å². The van der Waals surface area contributed by atoms with Gasteiger partial charge in [0.2, 0.25) is 0 Å². The molecule has 0 bridgehead atoms. The summed E-state index contributed by atoms with van der Waals surface area (Å²) in [6, 6.07) is 13.5. The third-order valence-electron chi connectivity index (χ3n) is 3.02. The lowest BCUT2D eigenvalue weighted by Crippen LogP contribution is -2.26. The highest BCUT2D eigenvalue weighted by Gasteiger charge is 2.11. The fraction of sp³-hybridized carbons (Fsp3) is 0.250. The smallest absolute Gasteiger partial charge is 0.177 e. The van der Waals surface area contributed by atoms with Gasteiger partial charge >= 0.3 is 0 Å². The summed E-state index contributed by atoms with van der Waals surface area (Å²) in [6.07, 6.45) is 1.77. The number of benzene rings is 1. The third kappa shape index (κ3) is 3.73. The molecular weight excluding hydrogens is 236 g/mol. The van der Waals surface area contributed by atoms with Crippen LogP contribution in [0, 0.1) is 6.92 Å². The zero-order valence-electron chi connectivity index (χ0n) is 11.3. The predicted octanol–water partition coefficient (Wildman–Crippen LogP) is 2.70. The minimum absolute atomic E-state index is 0.150. The van der Waals surface area contributed by atoms with Crippen LogP contribution in [0.1, 0.15) is 21.6 Å². The standard InChI is InChI=1S/C16H18N2O/c1-13-7-3-4-9-15(13)16(19)12-18(2)11-14-8-5-6-10-17-14/h3-10H,11-12H2,1-2H3. The first kappa shape index (κ1) is 13.4. The SMILES string of the molecule is Cc1ccccc1C(=O)CN(C)Cc1ccccn1. The van der Waals surface area contributed by atoms with E-state index in [9.17, 15) is 4.79 Å². The number of carbonyl (C=O) groups excluding carboxylic acids is 1. The normalized spacial score (nSPS) is 10.7. The Balaban J connectivity index is 1.98. The molecule has 19 heavy (non-hydrogen) atoms. The van der Waals surface area contributed by atoms with E-state index < -0.39 is 0 Å².